The van der Waals surface area contributed by atoms with Gasteiger partial charge in [-0.25, -0.2) is 0 Å². The van der Waals surface area contributed by atoms with Gasteiger partial charge in [-0.2, -0.15) is 0 Å². The molecule has 0 saturated heterocycles. The molecule has 1 aliphatic carbocycles. The van der Waals surface area contributed by atoms with Crippen molar-refractivity contribution in [1.82, 2.24) is 4.98 Å². The van der Waals surface area contributed by atoms with Crippen molar-refractivity contribution in [1.29, 1.82) is 0 Å². The van der Waals surface area contributed by atoms with Crippen molar-refractivity contribution < 1.29 is 0 Å². The Morgan fingerprint density at radius 2 is 1.78 bits per heavy atom. The third kappa shape index (κ3) is 3.37. The highest BCUT2D eigenvalue weighted by Crippen LogP contribution is 2.32. The first-order valence-electron chi connectivity index (χ1n) is 7.78. The third-order valence-corrected chi connectivity index (χ3v) is 21.2. The Kier molecular flexibility index (Phi) is 5.87. The van der Waals surface area contributed by atoms with Crippen LogP contribution in [0.15, 0.2) is 11.3 Å². The number of hydrogen-bond acceptors (Lipinski definition) is 1. The Morgan fingerprint density at radius 1 is 1.22 bits per heavy atom. The lowest BCUT2D eigenvalue weighted by molar-refractivity contribution is 0.631. The molecule has 18 heavy (non-hydrogen) atoms. The molecule has 0 aromatic heterocycles. The van der Waals surface area contributed by atoms with Crippen molar-refractivity contribution in [3.05, 3.63) is 11.3 Å². The van der Waals surface area contributed by atoms with Gasteiger partial charge in [0.25, 0.3) is 0 Å². The fourth-order valence-corrected chi connectivity index (χ4v) is 17.9. The van der Waals surface area contributed by atoms with Crippen molar-refractivity contribution in [2.24, 2.45) is 0 Å². The second kappa shape index (κ2) is 6.53. The predicted molar refractivity (Wildman–Crippen MR) is 89.0 cm³/mol. The summed E-state index contributed by atoms with van der Waals surface area (Å²) < 4.78 is 0. The van der Waals surface area contributed by atoms with Crippen LogP contribution in [-0.4, -0.2) is 21.4 Å². The molecule has 1 N–H and O–H groups in total. The highest BCUT2D eigenvalue weighted by Gasteiger charge is 2.47. The van der Waals surface area contributed by atoms with Crippen LogP contribution in [0.5, 0.6) is 0 Å². The van der Waals surface area contributed by atoms with Gasteiger partial charge in [-0.1, -0.05) is 57.1 Å². The normalized spacial score (nSPS) is 22.2. The molecule has 106 valence electrons. The maximum atomic E-state index is 4.25. The molecule has 0 heterocycles. The van der Waals surface area contributed by atoms with Crippen LogP contribution in [0.3, 0.4) is 0 Å². The van der Waals surface area contributed by atoms with Crippen molar-refractivity contribution in [3.63, 3.8) is 0 Å². The Hall–Kier alpha value is 0.134. The highest BCUT2D eigenvalue weighted by molar-refractivity contribution is 7.42. The van der Waals surface area contributed by atoms with E-state index < -0.39 is 15.3 Å². The smallest absolute Gasteiger partial charge is 0.141 e. The molecule has 0 bridgehead atoms. The van der Waals surface area contributed by atoms with Crippen molar-refractivity contribution in [2.45, 2.75) is 84.6 Å². The van der Waals surface area contributed by atoms with Gasteiger partial charge < -0.3 is 4.98 Å². The second-order valence-corrected chi connectivity index (χ2v) is 22.0. The minimum absolute atomic E-state index is 0.824. The monoisotopic (exact) mass is 283 g/mol. The molecule has 0 spiro atoms. The molecule has 1 rings (SSSR count). The van der Waals surface area contributed by atoms with E-state index in [1.165, 1.54) is 38.1 Å². The largest absolute Gasteiger partial charge is 0.333 e. The fourth-order valence-electron chi connectivity index (χ4n) is 3.61. The zero-order chi connectivity index (χ0) is 13.8. The number of hydrogen-bond donors (Lipinski definition) is 1. The van der Waals surface area contributed by atoms with E-state index in [9.17, 15) is 0 Å². The zero-order valence-corrected chi connectivity index (χ0v) is 15.4. The molecule has 0 amide bonds. The molecule has 1 fully saturated rings. The standard InChI is InChI=1S/C15H33NSi2/c1-7-13-18(14(3)8-2,17(4,5)6)16-15-11-9-10-12-15/h8,15-16H,7,9-13H2,1-6H3/b14-8+. The van der Waals surface area contributed by atoms with Crippen LogP contribution in [0.2, 0.25) is 25.7 Å². The minimum Gasteiger partial charge on any atom is -0.333 e. The summed E-state index contributed by atoms with van der Waals surface area (Å²) in [5, 5.41) is 1.72. The van der Waals surface area contributed by atoms with Gasteiger partial charge in [-0.15, -0.1) is 0 Å². The van der Waals surface area contributed by atoms with Gasteiger partial charge in [0.05, 0.1) is 7.59 Å². The van der Waals surface area contributed by atoms with Crippen molar-refractivity contribution in [2.75, 3.05) is 0 Å². The van der Waals surface area contributed by atoms with Gasteiger partial charge in [0.15, 0.2) is 0 Å². The molecule has 0 aromatic carbocycles. The van der Waals surface area contributed by atoms with Crippen LogP contribution in [0.4, 0.5) is 0 Å². The third-order valence-electron chi connectivity index (χ3n) is 4.82. The van der Waals surface area contributed by atoms with Crippen LogP contribution in [-0.2, 0) is 0 Å². The summed E-state index contributed by atoms with van der Waals surface area (Å²) in [6.07, 6.45) is 9.45. The maximum absolute atomic E-state index is 4.25. The lowest BCUT2D eigenvalue weighted by Gasteiger charge is -2.45. The fraction of sp³-hybridized carbons (Fsp3) is 0.867. The Balaban J connectivity index is 3.03. The summed E-state index contributed by atoms with van der Waals surface area (Å²) >= 11 is 0. The molecule has 3 heteroatoms. The number of nitrogens with one attached hydrogen (secondary N) is 1. The second-order valence-electron chi connectivity index (χ2n) is 7.00. The quantitative estimate of drug-likeness (QED) is 0.691. The van der Waals surface area contributed by atoms with Crippen LogP contribution < -0.4 is 4.98 Å². The summed E-state index contributed by atoms with van der Waals surface area (Å²) in [7, 11) is -2.57. The van der Waals surface area contributed by atoms with Crippen LogP contribution in [0.25, 0.3) is 0 Å². The first-order chi connectivity index (χ1) is 8.37. The van der Waals surface area contributed by atoms with E-state index in [1.807, 2.05) is 0 Å². The summed E-state index contributed by atoms with van der Waals surface area (Å²) in [5.74, 6) is 0. The number of rotatable bonds is 6. The number of allylic oxidation sites excluding steroid dienone is 2. The molecule has 0 radical (unpaired) electrons. The predicted octanol–water partition coefficient (Wildman–Crippen LogP) is 4.80. The molecule has 0 aliphatic heterocycles. The maximum Gasteiger partial charge on any atom is 0.141 e. The first kappa shape index (κ1) is 16.2. The molecule has 1 atom stereocenters. The van der Waals surface area contributed by atoms with Crippen molar-refractivity contribution >= 4 is 15.3 Å². The van der Waals surface area contributed by atoms with E-state index in [4.69, 9.17) is 0 Å². The molecule has 1 nitrogen and oxygen atoms in total. The minimum atomic E-state index is -1.42. The average molecular weight is 284 g/mol. The van der Waals surface area contributed by atoms with Gasteiger partial charge in [0.1, 0.15) is 7.75 Å². The van der Waals surface area contributed by atoms with E-state index in [0.717, 1.165) is 6.04 Å². The van der Waals surface area contributed by atoms with Gasteiger partial charge in [0, 0.05) is 6.04 Å². The lowest BCUT2D eigenvalue weighted by Crippen LogP contribution is -2.70. The lowest BCUT2D eigenvalue weighted by atomic mass is 10.3. The topological polar surface area (TPSA) is 12.0 Å². The van der Waals surface area contributed by atoms with Gasteiger partial charge >= 0.3 is 0 Å². The van der Waals surface area contributed by atoms with Crippen LogP contribution >= 0.6 is 0 Å². The molecular formula is C15H33NSi2. The van der Waals surface area contributed by atoms with Gasteiger partial charge in [-0.05, 0) is 32.7 Å². The summed E-state index contributed by atoms with van der Waals surface area (Å²) in [4.78, 5) is 4.25. The first-order valence-corrected chi connectivity index (χ1v) is 14.5. The van der Waals surface area contributed by atoms with E-state index in [0.29, 0.717) is 0 Å². The van der Waals surface area contributed by atoms with E-state index in [-0.39, 0.29) is 0 Å². The SMILES string of the molecule is C/C=C(\C)[Si](CCC)(NC1CCCC1)[Si](C)(C)C. The van der Waals surface area contributed by atoms with Gasteiger partial charge in [-0.3, -0.25) is 0 Å². The Bertz CT molecular complexity index is 287. The molecule has 1 aliphatic rings. The van der Waals surface area contributed by atoms with E-state index in [2.05, 4.69) is 51.5 Å². The van der Waals surface area contributed by atoms with Crippen LogP contribution in [0.1, 0.15) is 52.9 Å². The molecule has 1 unspecified atom stereocenters. The summed E-state index contributed by atoms with van der Waals surface area (Å²) in [6, 6.07) is 2.26. The highest BCUT2D eigenvalue weighted by atomic mass is 29.3. The Labute approximate surface area is 116 Å². The molecule has 1 saturated carbocycles. The summed E-state index contributed by atoms with van der Waals surface area (Å²) in [5.41, 5.74) is 0. The van der Waals surface area contributed by atoms with E-state index in [1.54, 1.807) is 5.20 Å². The van der Waals surface area contributed by atoms with Crippen LogP contribution in [0, 0.1) is 0 Å². The van der Waals surface area contributed by atoms with Gasteiger partial charge in [0.2, 0.25) is 0 Å². The summed E-state index contributed by atoms with van der Waals surface area (Å²) in [6.45, 7) is 14.8. The molecular weight excluding hydrogens is 250 g/mol. The molecule has 0 aromatic rings. The van der Waals surface area contributed by atoms with Crippen molar-refractivity contribution in [3.8, 4) is 0 Å². The average Bonchev–Trinajstić information content (AvgIpc) is 2.78. The zero-order valence-electron chi connectivity index (χ0n) is 13.4. The Morgan fingerprint density at radius 3 is 2.17 bits per heavy atom. The van der Waals surface area contributed by atoms with E-state index >= 15 is 0 Å².